The van der Waals surface area contributed by atoms with Crippen LogP contribution in [0.25, 0.3) is 0 Å². The van der Waals surface area contributed by atoms with Crippen LogP contribution in [0.4, 0.5) is 0 Å². The summed E-state index contributed by atoms with van der Waals surface area (Å²) >= 11 is 3.42. The van der Waals surface area contributed by atoms with Crippen molar-refractivity contribution in [1.82, 2.24) is 0 Å². The van der Waals surface area contributed by atoms with Crippen molar-refractivity contribution in [1.29, 1.82) is 0 Å². The van der Waals surface area contributed by atoms with Gasteiger partial charge in [0.15, 0.2) is 0 Å². The molecule has 0 unspecified atom stereocenters. The van der Waals surface area contributed by atoms with E-state index in [9.17, 15) is 0 Å². The van der Waals surface area contributed by atoms with E-state index in [0.29, 0.717) is 0 Å². The SMILES string of the molecule is CS(C)(C)OCCCCCCBr. The van der Waals surface area contributed by atoms with Gasteiger partial charge in [-0.2, -0.15) is 0 Å². The largest absolute Gasteiger partial charge is 0.337 e. The molecule has 0 radical (unpaired) electrons. The minimum absolute atomic E-state index is 0.726. The molecular formula is C9H21BrOS. The number of rotatable bonds is 7. The van der Waals surface area contributed by atoms with E-state index in [1.165, 1.54) is 25.7 Å². The quantitative estimate of drug-likeness (QED) is 0.500. The molecule has 0 fully saturated rings. The van der Waals surface area contributed by atoms with Gasteiger partial charge in [-0.25, -0.2) is 0 Å². The van der Waals surface area contributed by atoms with E-state index >= 15 is 0 Å². The molecule has 0 saturated carbocycles. The normalized spacial score (nSPS) is 13.3. The van der Waals surface area contributed by atoms with Crippen LogP contribution in [-0.4, -0.2) is 30.7 Å². The molecule has 0 rings (SSSR count). The minimum atomic E-state index is -0.726. The lowest BCUT2D eigenvalue weighted by atomic mass is 10.2. The van der Waals surface area contributed by atoms with Crippen LogP contribution >= 0.6 is 26.2 Å². The lowest BCUT2D eigenvalue weighted by Crippen LogP contribution is -2.00. The Labute approximate surface area is 86.9 Å². The molecule has 0 atom stereocenters. The summed E-state index contributed by atoms with van der Waals surface area (Å²) in [5.41, 5.74) is 0. The van der Waals surface area contributed by atoms with Crippen LogP contribution < -0.4 is 0 Å². The summed E-state index contributed by atoms with van der Waals surface area (Å²) in [7, 11) is -0.726. The molecule has 0 N–H and O–H groups in total. The zero-order valence-electron chi connectivity index (χ0n) is 8.44. The average molecular weight is 257 g/mol. The molecule has 0 heterocycles. The predicted octanol–water partition coefficient (Wildman–Crippen LogP) is 3.57. The van der Waals surface area contributed by atoms with E-state index in [1.807, 2.05) is 0 Å². The van der Waals surface area contributed by atoms with Gasteiger partial charge in [0.2, 0.25) is 0 Å². The Morgan fingerprint density at radius 2 is 1.58 bits per heavy atom. The molecule has 0 amide bonds. The highest BCUT2D eigenvalue weighted by Crippen LogP contribution is 2.35. The van der Waals surface area contributed by atoms with Crippen LogP contribution in [0.2, 0.25) is 0 Å². The first-order chi connectivity index (χ1) is 5.56. The van der Waals surface area contributed by atoms with Crippen LogP contribution in [-0.2, 0) is 4.18 Å². The van der Waals surface area contributed by atoms with E-state index in [-0.39, 0.29) is 0 Å². The molecule has 3 heteroatoms. The zero-order valence-corrected chi connectivity index (χ0v) is 10.8. The van der Waals surface area contributed by atoms with Crippen molar-refractivity contribution in [2.75, 3.05) is 30.7 Å². The van der Waals surface area contributed by atoms with Gasteiger partial charge < -0.3 is 4.18 Å². The topological polar surface area (TPSA) is 9.23 Å². The van der Waals surface area contributed by atoms with Crippen LogP contribution in [0.3, 0.4) is 0 Å². The second-order valence-electron chi connectivity index (χ2n) is 3.65. The third-order valence-corrected chi connectivity index (χ3v) is 2.90. The van der Waals surface area contributed by atoms with Crippen molar-refractivity contribution in [2.45, 2.75) is 25.7 Å². The Kier molecular flexibility index (Phi) is 7.69. The fraction of sp³-hybridized carbons (Fsp3) is 1.00. The molecule has 0 saturated heterocycles. The fourth-order valence-corrected chi connectivity index (χ4v) is 1.87. The molecule has 0 aromatic carbocycles. The van der Waals surface area contributed by atoms with Crippen molar-refractivity contribution in [2.24, 2.45) is 0 Å². The van der Waals surface area contributed by atoms with Gasteiger partial charge in [0.1, 0.15) is 0 Å². The van der Waals surface area contributed by atoms with Crippen LogP contribution in [0, 0.1) is 0 Å². The highest BCUT2D eigenvalue weighted by atomic mass is 79.9. The zero-order chi connectivity index (χ0) is 9.45. The molecule has 0 aliphatic rings. The van der Waals surface area contributed by atoms with Crippen molar-refractivity contribution in [3.05, 3.63) is 0 Å². The average Bonchev–Trinajstić information content (AvgIpc) is 1.94. The Hall–Kier alpha value is 0.790. The third kappa shape index (κ3) is 10.8. The number of hydrogen-bond acceptors (Lipinski definition) is 1. The van der Waals surface area contributed by atoms with Gasteiger partial charge in [0, 0.05) is 5.33 Å². The monoisotopic (exact) mass is 256 g/mol. The maximum Gasteiger partial charge on any atom is 0.0592 e. The number of hydrogen-bond donors (Lipinski definition) is 0. The van der Waals surface area contributed by atoms with E-state index in [1.54, 1.807) is 0 Å². The Balaban J connectivity index is 3.01. The van der Waals surface area contributed by atoms with Gasteiger partial charge in [-0.1, -0.05) is 28.8 Å². The van der Waals surface area contributed by atoms with Crippen LogP contribution in [0.15, 0.2) is 0 Å². The smallest absolute Gasteiger partial charge is 0.0592 e. The predicted molar refractivity (Wildman–Crippen MR) is 63.6 cm³/mol. The molecule has 0 bridgehead atoms. The van der Waals surface area contributed by atoms with Gasteiger partial charge in [0.25, 0.3) is 0 Å². The Morgan fingerprint density at radius 1 is 1.00 bits per heavy atom. The summed E-state index contributed by atoms with van der Waals surface area (Å²) in [6.45, 7) is 0.946. The van der Waals surface area contributed by atoms with Crippen LogP contribution in [0.5, 0.6) is 0 Å². The molecule has 1 nitrogen and oxygen atoms in total. The Bertz CT molecular complexity index is 101. The van der Waals surface area contributed by atoms with E-state index in [0.717, 1.165) is 11.9 Å². The molecule has 0 spiro atoms. The van der Waals surface area contributed by atoms with E-state index < -0.39 is 10.3 Å². The second kappa shape index (κ2) is 7.22. The molecule has 12 heavy (non-hydrogen) atoms. The summed E-state index contributed by atoms with van der Waals surface area (Å²) < 4.78 is 5.68. The molecule has 76 valence electrons. The summed E-state index contributed by atoms with van der Waals surface area (Å²) in [5.74, 6) is 0. The number of unbranched alkanes of at least 4 members (excludes halogenated alkanes) is 3. The summed E-state index contributed by atoms with van der Waals surface area (Å²) in [6.07, 6.45) is 11.7. The molecule has 0 aliphatic heterocycles. The minimum Gasteiger partial charge on any atom is -0.337 e. The maximum absolute atomic E-state index is 5.68. The van der Waals surface area contributed by atoms with Crippen molar-refractivity contribution in [3.8, 4) is 0 Å². The standard InChI is InChI=1S/C9H21BrOS/c1-12(2,3)11-9-7-5-4-6-8-10/h4-9H2,1-3H3. The Morgan fingerprint density at radius 3 is 2.08 bits per heavy atom. The lowest BCUT2D eigenvalue weighted by Gasteiger charge is -2.25. The van der Waals surface area contributed by atoms with Crippen molar-refractivity contribution >= 4 is 26.2 Å². The second-order valence-corrected chi connectivity index (χ2v) is 8.13. The third-order valence-electron chi connectivity index (χ3n) is 1.46. The van der Waals surface area contributed by atoms with Crippen molar-refractivity contribution in [3.63, 3.8) is 0 Å². The van der Waals surface area contributed by atoms with Gasteiger partial charge in [-0.15, -0.1) is 10.3 Å². The summed E-state index contributed by atoms with van der Waals surface area (Å²) in [4.78, 5) is 0. The molecule has 0 aromatic heterocycles. The van der Waals surface area contributed by atoms with Gasteiger partial charge in [-0.3, -0.25) is 0 Å². The molecule has 0 aromatic rings. The molecule has 0 aliphatic carbocycles. The van der Waals surface area contributed by atoms with Gasteiger partial charge >= 0.3 is 0 Å². The first kappa shape index (κ1) is 12.8. The lowest BCUT2D eigenvalue weighted by molar-refractivity contribution is 0.345. The fourth-order valence-electron chi connectivity index (χ4n) is 0.859. The van der Waals surface area contributed by atoms with E-state index in [4.69, 9.17) is 4.18 Å². The first-order valence-corrected chi connectivity index (χ1v) is 8.35. The van der Waals surface area contributed by atoms with Crippen LogP contribution in [0.1, 0.15) is 25.7 Å². The van der Waals surface area contributed by atoms with Gasteiger partial charge in [-0.05, 0) is 31.6 Å². The number of alkyl halides is 1. The van der Waals surface area contributed by atoms with Crippen molar-refractivity contribution < 1.29 is 4.18 Å². The highest BCUT2D eigenvalue weighted by Gasteiger charge is 2.02. The molecular weight excluding hydrogens is 236 g/mol. The van der Waals surface area contributed by atoms with Gasteiger partial charge in [0.05, 0.1) is 6.61 Å². The summed E-state index contributed by atoms with van der Waals surface area (Å²) in [5, 5.41) is 1.14. The first-order valence-electron chi connectivity index (χ1n) is 4.45. The highest BCUT2D eigenvalue weighted by molar-refractivity contribution is 9.09. The number of halogens is 1. The maximum atomic E-state index is 5.68. The van der Waals surface area contributed by atoms with E-state index in [2.05, 4.69) is 34.7 Å². The summed E-state index contributed by atoms with van der Waals surface area (Å²) in [6, 6.07) is 0.